The summed E-state index contributed by atoms with van der Waals surface area (Å²) in [6.07, 6.45) is 1.91. The number of hydrogen-bond donors (Lipinski definition) is 3. The van der Waals surface area contributed by atoms with E-state index in [4.69, 9.17) is 10.9 Å². The lowest BCUT2D eigenvalue weighted by Crippen LogP contribution is -2.32. The van der Waals surface area contributed by atoms with Crippen LogP contribution < -0.4 is 11.1 Å². The molecule has 0 aliphatic rings. The molecule has 0 saturated heterocycles. The van der Waals surface area contributed by atoms with E-state index in [-0.39, 0.29) is 5.41 Å². The van der Waals surface area contributed by atoms with Gasteiger partial charge >= 0.3 is 0 Å². The molecule has 5 heteroatoms. The lowest BCUT2D eigenvalue weighted by molar-refractivity contribution is 0.304. The van der Waals surface area contributed by atoms with Crippen molar-refractivity contribution in [3.05, 3.63) is 21.9 Å². The summed E-state index contributed by atoms with van der Waals surface area (Å²) in [6.45, 7) is 7.99. The van der Waals surface area contributed by atoms with Crippen molar-refractivity contribution in [2.24, 2.45) is 16.3 Å². The Morgan fingerprint density at radius 1 is 1.56 bits per heavy atom. The van der Waals surface area contributed by atoms with Crippen molar-refractivity contribution in [2.45, 2.75) is 40.2 Å². The summed E-state index contributed by atoms with van der Waals surface area (Å²) in [7, 11) is 0. The molecule has 4 N–H and O–H groups in total. The summed E-state index contributed by atoms with van der Waals surface area (Å²) in [4.78, 5) is 1.39. The highest BCUT2D eigenvalue weighted by molar-refractivity contribution is 7.10. The minimum atomic E-state index is -0.241. The van der Waals surface area contributed by atoms with Crippen LogP contribution in [0.1, 0.15) is 37.1 Å². The van der Waals surface area contributed by atoms with E-state index < -0.39 is 0 Å². The smallest absolute Gasteiger partial charge is 0.144 e. The van der Waals surface area contributed by atoms with E-state index in [1.165, 1.54) is 10.4 Å². The van der Waals surface area contributed by atoms with E-state index in [1.54, 1.807) is 11.3 Å². The van der Waals surface area contributed by atoms with Crippen molar-refractivity contribution in [1.29, 1.82) is 0 Å². The lowest BCUT2D eigenvalue weighted by Gasteiger charge is -2.22. The van der Waals surface area contributed by atoms with Gasteiger partial charge in [0.25, 0.3) is 0 Å². The van der Waals surface area contributed by atoms with Crippen molar-refractivity contribution in [2.75, 3.05) is 6.54 Å². The molecule has 0 bridgehead atoms. The third-order valence-electron chi connectivity index (χ3n) is 3.21. The first-order valence-corrected chi connectivity index (χ1v) is 7.07. The van der Waals surface area contributed by atoms with E-state index in [1.807, 2.05) is 13.8 Å². The first kappa shape index (κ1) is 15.0. The number of hydrogen-bond acceptors (Lipinski definition) is 4. The van der Waals surface area contributed by atoms with Crippen LogP contribution in [0.2, 0.25) is 0 Å². The van der Waals surface area contributed by atoms with Crippen LogP contribution in [0, 0.1) is 12.3 Å². The number of nitrogens with one attached hydrogen (secondary N) is 1. The number of nitrogens with zero attached hydrogens (tertiary/aromatic N) is 1. The molecule has 0 aromatic carbocycles. The first-order valence-electron chi connectivity index (χ1n) is 6.19. The molecule has 1 aromatic heterocycles. The molecule has 1 rings (SSSR count). The molecular weight excluding hydrogens is 246 g/mol. The van der Waals surface area contributed by atoms with Crippen molar-refractivity contribution in [3.63, 3.8) is 0 Å². The Balaban J connectivity index is 2.22. The topological polar surface area (TPSA) is 70.6 Å². The minimum Gasteiger partial charge on any atom is -0.409 e. The Kier molecular flexibility index (Phi) is 5.62. The number of rotatable bonds is 7. The Bertz CT molecular complexity index is 399. The van der Waals surface area contributed by atoms with E-state index >= 15 is 0 Å². The summed E-state index contributed by atoms with van der Waals surface area (Å²) < 4.78 is 0. The van der Waals surface area contributed by atoms with Crippen LogP contribution in [0.15, 0.2) is 16.6 Å². The van der Waals surface area contributed by atoms with Crippen LogP contribution >= 0.6 is 11.3 Å². The van der Waals surface area contributed by atoms with Gasteiger partial charge in [-0.05, 0) is 43.3 Å². The number of nitrogens with two attached hydrogens (primary N) is 1. The highest BCUT2D eigenvalue weighted by Gasteiger charge is 2.22. The molecule has 0 fully saturated rings. The van der Waals surface area contributed by atoms with Gasteiger partial charge in [-0.1, -0.05) is 19.0 Å². The summed E-state index contributed by atoms with van der Waals surface area (Å²) in [6, 6.07) is 2.14. The van der Waals surface area contributed by atoms with Crippen LogP contribution in [0.5, 0.6) is 0 Å². The Morgan fingerprint density at radius 2 is 2.28 bits per heavy atom. The van der Waals surface area contributed by atoms with Crippen LogP contribution in [0.4, 0.5) is 0 Å². The van der Waals surface area contributed by atoms with Gasteiger partial charge in [-0.2, -0.15) is 0 Å². The molecule has 0 aliphatic carbocycles. The van der Waals surface area contributed by atoms with Gasteiger partial charge in [0.15, 0.2) is 0 Å². The fourth-order valence-corrected chi connectivity index (χ4v) is 2.58. The molecule has 0 aliphatic heterocycles. The van der Waals surface area contributed by atoms with Gasteiger partial charge < -0.3 is 16.3 Å². The normalized spacial score (nSPS) is 12.9. The number of thiophene rings is 1. The standard InChI is InChI=1S/C13H23N3OS/c1-10-5-8-18-11(10)9-15-7-4-6-13(2,3)12(14)16-17/h5,8,15,17H,4,6-7,9H2,1-3H3,(H2,14,16). The highest BCUT2D eigenvalue weighted by Crippen LogP contribution is 2.22. The second-order valence-corrected chi connectivity index (χ2v) is 6.18. The Labute approximate surface area is 113 Å². The SMILES string of the molecule is Cc1ccsc1CNCCCC(C)(C)C(N)=NO. The maximum Gasteiger partial charge on any atom is 0.144 e. The van der Waals surface area contributed by atoms with Crippen molar-refractivity contribution >= 4 is 17.2 Å². The number of aryl methyl sites for hydroxylation is 1. The molecular formula is C13H23N3OS. The van der Waals surface area contributed by atoms with Gasteiger partial charge in [-0.15, -0.1) is 11.3 Å². The van der Waals surface area contributed by atoms with Crippen molar-refractivity contribution in [1.82, 2.24) is 5.32 Å². The minimum absolute atomic E-state index is 0.241. The zero-order valence-corrected chi connectivity index (χ0v) is 12.2. The second-order valence-electron chi connectivity index (χ2n) is 5.18. The maximum atomic E-state index is 8.68. The average molecular weight is 269 g/mol. The molecule has 1 aromatic rings. The monoisotopic (exact) mass is 269 g/mol. The quantitative estimate of drug-likeness (QED) is 0.234. The molecule has 102 valence electrons. The fourth-order valence-electron chi connectivity index (χ4n) is 1.71. The number of amidine groups is 1. The predicted molar refractivity (Wildman–Crippen MR) is 77.2 cm³/mol. The van der Waals surface area contributed by atoms with Crippen molar-refractivity contribution in [3.8, 4) is 0 Å². The first-order chi connectivity index (χ1) is 8.47. The molecule has 18 heavy (non-hydrogen) atoms. The van der Waals surface area contributed by atoms with E-state index in [2.05, 4.69) is 28.8 Å². The average Bonchev–Trinajstić information content (AvgIpc) is 2.73. The van der Waals surface area contributed by atoms with E-state index in [9.17, 15) is 0 Å². The summed E-state index contributed by atoms with van der Waals surface area (Å²) in [5.41, 5.74) is 6.75. The molecule has 0 radical (unpaired) electrons. The maximum absolute atomic E-state index is 8.68. The molecule has 0 saturated carbocycles. The summed E-state index contributed by atoms with van der Waals surface area (Å²) >= 11 is 1.79. The second kappa shape index (κ2) is 6.75. The van der Waals surface area contributed by atoms with Crippen LogP contribution in [0.25, 0.3) is 0 Å². The molecule has 0 amide bonds. The zero-order valence-electron chi connectivity index (χ0n) is 11.4. The predicted octanol–water partition coefficient (Wildman–Crippen LogP) is 2.70. The highest BCUT2D eigenvalue weighted by atomic mass is 32.1. The van der Waals surface area contributed by atoms with Crippen LogP contribution in [-0.2, 0) is 6.54 Å². The third kappa shape index (κ3) is 4.31. The van der Waals surface area contributed by atoms with Gasteiger partial charge in [0.2, 0.25) is 0 Å². The molecule has 4 nitrogen and oxygen atoms in total. The van der Waals surface area contributed by atoms with Crippen molar-refractivity contribution < 1.29 is 5.21 Å². The fraction of sp³-hybridized carbons (Fsp3) is 0.615. The number of oxime groups is 1. The summed E-state index contributed by atoms with van der Waals surface area (Å²) in [5, 5.41) is 17.3. The van der Waals surface area contributed by atoms with Gasteiger partial charge in [-0.3, -0.25) is 0 Å². The van der Waals surface area contributed by atoms with Gasteiger partial charge in [0.1, 0.15) is 5.84 Å². The molecule has 0 spiro atoms. The van der Waals surface area contributed by atoms with Gasteiger partial charge in [0, 0.05) is 16.8 Å². The Hall–Kier alpha value is -1.07. The van der Waals surface area contributed by atoms with Gasteiger partial charge in [0.05, 0.1) is 0 Å². The molecule has 0 atom stereocenters. The van der Waals surface area contributed by atoms with E-state index in [0.717, 1.165) is 25.9 Å². The molecule has 0 unspecified atom stereocenters. The molecule has 1 heterocycles. The Morgan fingerprint density at radius 3 is 2.83 bits per heavy atom. The third-order valence-corrected chi connectivity index (χ3v) is 4.23. The lowest BCUT2D eigenvalue weighted by atomic mass is 9.86. The van der Waals surface area contributed by atoms with E-state index in [0.29, 0.717) is 5.84 Å². The van der Waals surface area contributed by atoms with Gasteiger partial charge in [-0.25, -0.2) is 0 Å². The zero-order chi connectivity index (χ0) is 13.6. The van der Waals surface area contributed by atoms with Crippen LogP contribution in [0.3, 0.4) is 0 Å². The largest absolute Gasteiger partial charge is 0.409 e. The summed E-state index contributed by atoms with van der Waals surface area (Å²) in [5.74, 6) is 0.302. The van der Waals surface area contributed by atoms with Crippen LogP contribution in [-0.4, -0.2) is 17.6 Å².